The van der Waals surface area contributed by atoms with Crippen molar-refractivity contribution in [2.45, 2.75) is 83.8 Å². The third-order valence-corrected chi connectivity index (χ3v) is 11.9. The van der Waals surface area contributed by atoms with Crippen LogP contribution >= 0.6 is 0 Å². The maximum atomic E-state index is 13.2. The molecule has 3 heterocycles. The molecule has 1 fully saturated rings. The van der Waals surface area contributed by atoms with Gasteiger partial charge in [-0.2, -0.15) is 9.97 Å². The number of nitrogens with one attached hydrogen (secondary N) is 4. The molecule has 4 rings (SSSR count). The van der Waals surface area contributed by atoms with E-state index in [0.717, 1.165) is 57.3 Å². The van der Waals surface area contributed by atoms with Gasteiger partial charge in [-0.25, -0.2) is 10.7 Å². The number of carbonyl (C=O) groups is 3. The number of likely N-dealkylation sites (tertiary alicyclic amines) is 1. The Morgan fingerprint density at radius 3 is 1.85 bits per heavy atom. The molecule has 0 unspecified atom stereocenters. The predicted octanol–water partition coefficient (Wildman–Crippen LogP) is 1.46. The third kappa shape index (κ3) is 26.1. The van der Waals surface area contributed by atoms with Gasteiger partial charge in [-0.15, -0.1) is 0 Å². The van der Waals surface area contributed by atoms with Gasteiger partial charge in [0.25, 0.3) is 0 Å². The van der Waals surface area contributed by atoms with Crippen LogP contribution in [-0.2, 0) is 70.2 Å². The Morgan fingerprint density at radius 2 is 1.28 bits per heavy atom. The number of carbonyl (C=O) groups excluding carboxylic acids is 3. The minimum atomic E-state index is -0.757. The predicted molar refractivity (Wildman–Crippen MR) is 275 cm³/mol. The monoisotopic (exact) mass is 1050 g/mol. The van der Waals surface area contributed by atoms with Crippen molar-refractivity contribution < 1.29 is 61.9 Å². The first-order valence-electron chi connectivity index (χ1n) is 26.1. The van der Waals surface area contributed by atoms with Crippen LogP contribution in [-0.4, -0.2) is 194 Å². The number of nitrogen functional groups attached to an aromatic ring is 1. The number of nitrogens with zero attached hydrogens (tertiary/aromatic N) is 4. The first-order valence-corrected chi connectivity index (χ1v) is 26.1. The van der Waals surface area contributed by atoms with Gasteiger partial charge in [-0.3, -0.25) is 28.7 Å². The lowest BCUT2D eigenvalue weighted by molar-refractivity contribution is -0.131. The lowest BCUT2D eigenvalue weighted by Gasteiger charge is -2.32. The van der Waals surface area contributed by atoms with E-state index in [9.17, 15) is 19.2 Å². The Labute approximate surface area is 434 Å². The van der Waals surface area contributed by atoms with Crippen molar-refractivity contribution in [3.05, 3.63) is 45.9 Å². The first-order chi connectivity index (χ1) is 36.2. The van der Waals surface area contributed by atoms with Crippen LogP contribution in [0.15, 0.2) is 29.1 Å². The normalized spacial score (nSPS) is 13.6. The second-order valence-corrected chi connectivity index (χ2v) is 17.7. The smallest absolute Gasteiger partial charge is 0.328 e. The molecule has 24 nitrogen and oxygen atoms in total. The molecule has 24 heteroatoms. The van der Waals surface area contributed by atoms with E-state index < -0.39 is 11.9 Å². The van der Waals surface area contributed by atoms with Crippen molar-refractivity contribution in [1.82, 2.24) is 40.4 Å². The Hall–Kier alpha value is -4.86. The van der Waals surface area contributed by atoms with Gasteiger partial charge in [0, 0.05) is 33.2 Å². The number of hydrogen-bond acceptors (Lipinski definition) is 19. The fourth-order valence-electron chi connectivity index (χ4n) is 7.80. The van der Waals surface area contributed by atoms with Gasteiger partial charge in [0.2, 0.25) is 17.7 Å². The molecule has 0 spiro atoms. The van der Waals surface area contributed by atoms with Crippen molar-refractivity contribution >= 4 is 34.7 Å². The fourth-order valence-corrected chi connectivity index (χ4v) is 7.80. The van der Waals surface area contributed by atoms with E-state index >= 15 is 0 Å². The summed E-state index contributed by atoms with van der Waals surface area (Å²) >= 11 is 0. The number of H-pyrrole nitrogens is 1. The number of ether oxygens (including phenoxy) is 9. The highest BCUT2D eigenvalue weighted by Gasteiger charge is 2.23. The van der Waals surface area contributed by atoms with Crippen molar-refractivity contribution in [2.24, 2.45) is 11.8 Å². The number of piperidine rings is 1. The maximum Gasteiger partial charge on any atom is 0.328 e. The van der Waals surface area contributed by atoms with Crippen molar-refractivity contribution in [3.63, 3.8) is 0 Å². The topological polar surface area (TPSA) is 298 Å². The van der Waals surface area contributed by atoms with Gasteiger partial charge >= 0.3 is 11.7 Å². The third-order valence-electron chi connectivity index (χ3n) is 11.9. The van der Waals surface area contributed by atoms with Gasteiger partial charge in [-0.1, -0.05) is 37.6 Å². The molecule has 2 aromatic heterocycles. The number of amides is 3. The Bertz CT molecular complexity index is 2040. The lowest BCUT2D eigenvalue weighted by Crippen LogP contribution is -2.48. The average Bonchev–Trinajstić information content (AvgIpc) is 3.71. The Balaban J connectivity index is 0.986. The van der Waals surface area contributed by atoms with Gasteiger partial charge in [0.1, 0.15) is 18.2 Å². The quantitative estimate of drug-likeness (QED) is 0.0345. The second-order valence-electron chi connectivity index (χ2n) is 17.7. The van der Waals surface area contributed by atoms with E-state index in [0.29, 0.717) is 155 Å². The summed E-state index contributed by atoms with van der Waals surface area (Å²) in [7, 11) is 1.63. The highest BCUT2D eigenvalue weighted by Crippen LogP contribution is 2.23. The fraction of sp³-hybridized carbons (Fsp3) is 0.720. The summed E-state index contributed by atoms with van der Waals surface area (Å²) in [5, 5.41) is 8.61. The molecule has 0 saturated carbocycles. The van der Waals surface area contributed by atoms with Gasteiger partial charge < -0.3 is 69.3 Å². The number of methoxy groups -OCH3 is 1. The van der Waals surface area contributed by atoms with E-state index in [1.807, 2.05) is 12.1 Å². The molecular formula is C50H84N10O14. The lowest BCUT2D eigenvalue weighted by atomic mass is 9.93. The van der Waals surface area contributed by atoms with E-state index in [2.05, 4.69) is 59.7 Å². The molecule has 0 aliphatic carbocycles. The summed E-state index contributed by atoms with van der Waals surface area (Å²) in [6, 6.07) is 7.62. The number of hydrogen-bond donors (Lipinski definition) is 6. The number of rotatable bonds is 44. The van der Waals surface area contributed by atoms with Gasteiger partial charge in [0.15, 0.2) is 11.5 Å². The highest BCUT2D eigenvalue weighted by atomic mass is 16.6. The van der Waals surface area contributed by atoms with E-state index in [1.54, 1.807) is 11.7 Å². The van der Waals surface area contributed by atoms with Crippen molar-refractivity contribution in [2.75, 3.05) is 151 Å². The molecule has 1 saturated heterocycles. The molecule has 3 amide bonds. The van der Waals surface area contributed by atoms with Crippen LogP contribution in [0.25, 0.3) is 11.2 Å². The molecule has 1 aliphatic heterocycles. The number of nitrogens with two attached hydrogens (primary N) is 2. The largest absolute Gasteiger partial charge is 0.463 e. The van der Waals surface area contributed by atoms with E-state index in [4.69, 9.17) is 54.3 Å². The van der Waals surface area contributed by atoms with Crippen LogP contribution in [0.1, 0.15) is 75.8 Å². The zero-order valence-electron chi connectivity index (χ0n) is 43.8. The second kappa shape index (κ2) is 38.7. The zero-order chi connectivity index (χ0) is 52.9. The molecule has 0 bridgehead atoms. The molecule has 8 N–H and O–H groups in total. The van der Waals surface area contributed by atoms with Crippen LogP contribution in [0.2, 0.25) is 0 Å². The number of fused-ring (bicyclic) bond motifs is 1. The van der Waals surface area contributed by atoms with E-state index in [1.165, 1.54) is 5.56 Å². The number of aromatic nitrogens is 4. The summed E-state index contributed by atoms with van der Waals surface area (Å²) in [5.74, 6) is 4.84. The van der Waals surface area contributed by atoms with E-state index in [-0.39, 0.29) is 49.0 Å². The summed E-state index contributed by atoms with van der Waals surface area (Å²) in [5.41, 5.74) is 8.73. The summed E-state index contributed by atoms with van der Waals surface area (Å²) in [6.07, 6.45) is 6.49. The molecule has 74 heavy (non-hydrogen) atoms. The SMILES string of the molecule is CCCCOc1nc(N)c2[nH]c(=O)n(Cc3ccc(CN4CCC(CCNC(=O)[C@H](CCCCNC(=O)CCOCCOCCOCCOCCOCCOCCOCCOC)NC(=O)CON)CC4)cc3)c2n1. The Kier molecular flexibility index (Phi) is 32.2. The summed E-state index contributed by atoms with van der Waals surface area (Å²) < 4.78 is 50.3. The van der Waals surface area contributed by atoms with Gasteiger partial charge in [-0.05, 0) is 75.1 Å². The standard InChI is InChI=1S/C50H84N10O14/c1-3-4-20-73-49-57-46(51)45-47(58-49)60(50(64)56-45)37-41-10-8-40(9-11-41)36-59-18-13-39(14-19-59)12-17-54-48(63)42(55-44(62)38-74-52)7-5-6-16-53-43(61)15-21-66-24-25-68-28-29-70-32-33-72-35-34-71-31-30-69-27-26-67-23-22-65-2/h8-11,39,42H,3-7,12-38,52H2,1-2H3,(H,53,61)(H,54,63)(H,55,62)(H,56,64)(H2,51,57,58)/t42-/m0/s1. The summed E-state index contributed by atoms with van der Waals surface area (Å²) in [6.45, 7) is 13.0. The number of benzene rings is 1. The van der Waals surface area contributed by atoms with Gasteiger partial charge in [0.05, 0.1) is 112 Å². The average molecular weight is 1050 g/mol. The number of unbranched alkanes of at least 4 members (excludes halogenated alkanes) is 2. The van der Waals surface area contributed by atoms with Crippen molar-refractivity contribution in [1.29, 1.82) is 0 Å². The minimum Gasteiger partial charge on any atom is -0.463 e. The van der Waals surface area contributed by atoms with Crippen LogP contribution < -0.4 is 38.0 Å². The number of imidazole rings is 1. The molecular weight excluding hydrogens is 965 g/mol. The molecule has 3 aromatic rings. The van der Waals surface area contributed by atoms with Crippen LogP contribution in [0.3, 0.4) is 0 Å². The van der Waals surface area contributed by atoms with Crippen LogP contribution in [0.5, 0.6) is 6.01 Å². The Morgan fingerprint density at radius 1 is 0.716 bits per heavy atom. The van der Waals surface area contributed by atoms with Crippen LogP contribution in [0, 0.1) is 5.92 Å². The van der Waals surface area contributed by atoms with Crippen LogP contribution in [0.4, 0.5) is 5.82 Å². The van der Waals surface area contributed by atoms with Crippen molar-refractivity contribution in [3.8, 4) is 6.01 Å². The number of aromatic amines is 1. The minimum absolute atomic E-state index is 0.135. The number of anilines is 1. The zero-order valence-corrected chi connectivity index (χ0v) is 43.8. The highest BCUT2D eigenvalue weighted by molar-refractivity contribution is 5.88. The molecule has 0 radical (unpaired) electrons. The molecule has 1 aliphatic rings. The molecule has 1 atom stereocenters. The molecule has 418 valence electrons. The summed E-state index contributed by atoms with van der Waals surface area (Å²) in [4.78, 5) is 69.1. The maximum absolute atomic E-state index is 13.2. The molecule has 1 aromatic carbocycles. The first kappa shape index (κ1) is 61.7.